The molecule has 0 N–H and O–H groups in total. The maximum absolute atomic E-state index is 2.49. The summed E-state index contributed by atoms with van der Waals surface area (Å²) in [6, 6.07) is 94.9. The number of hydrogen-bond acceptors (Lipinski definition) is 1. The Balaban J connectivity index is 1.21. The van der Waals surface area contributed by atoms with Gasteiger partial charge in [0.2, 0.25) is 0 Å². The van der Waals surface area contributed by atoms with Crippen molar-refractivity contribution in [1.82, 2.24) is 0 Å². The second kappa shape index (κ2) is 16.7. The van der Waals surface area contributed by atoms with Crippen molar-refractivity contribution in [3.63, 3.8) is 0 Å². The third-order valence-electron chi connectivity index (χ3n) is 12.3. The quantitative estimate of drug-likeness (QED) is 0.131. The van der Waals surface area contributed by atoms with Gasteiger partial charge in [0.1, 0.15) is 0 Å². The van der Waals surface area contributed by atoms with Crippen LogP contribution in [0.5, 0.6) is 0 Å². The lowest BCUT2D eigenvalue weighted by atomic mass is 9.87. The van der Waals surface area contributed by atoms with E-state index in [2.05, 4.69) is 266 Å². The average Bonchev–Trinajstić information content (AvgIpc) is 3.37. The molecule has 0 aliphatic heterocycles. The zero-order chi connectivity index (χ0) is 42.0. The summed E-state index contributed by atoms with van der Waals surface area (Å²) in [5, 5.41) is 4.95. The molecule has 0 aliphatic carbocycles. The lowest BCUT2D eigenvalue weighted by molar-refractivity contribution is 1.28. The molecule has 0 spiro atoms. The Kier molecular flexibility index (Phi) is 9.97. The van der Waals surface area contributed by atoms with E-state index in [4.69, 9.17) is 0 Å². The third kappa shape index (κ3) is 7.26. The van der Waals surface area contributed by atoms with Crippen molar-refractivity contribution in [3.8, 4) is 66.8 Å². The molecule has 0 aliphatic rings. The van der Waals surface area contributed by atoms with Crippen LogP contribution in [0.4, 0.5) is 17.1 Å². The highest BCUT2D eigenvalue weighted by Crippen LogP contribution is 2.50. The van der Waals surface area contributed by atoms with Gasteiger partial charge in [-0.3, -0.25) is 0 Å². The zero-order valence-electron chi connectivity index (χ0n) is 34.8. The maximum Gasteiger partial charge on any atom is 0.0546 e. The van der Waals surface area contributed by atoms with E-state index in [-0.39, 0.29) is 0 Å². The molecule has 63 heavy (non-hydrogen) atoms. The molecule has 0 saturated carbocycles. The predicted molar refractivity (Wildman–Crippen MR) is 269 cm³/mol. The van der Waals surface area contributed by atoms with Crippen LogP contribution in [0.2, 0.25) is 0 Å². The summed E-state index contributed by atoms with van der Waals surface area (Å²) in [5.41, 5.74) is 17.4. The first-order chi connectivity index (χ1) is 31.3. The third-order valence-corrected chi connectivity index (χ3v) is 12.3. The Morgan fingerprint density at radius 3 is 1.30 bits per heavy atom. The summed E-state index contributed by atoms with van der Waals surface area (Å²) < 4.78 is 0. The lowest BCUT2D eigenvalue weighted by Gasteiger charge is -2.31. The zero-order valence-corrected chi connectivity index (χ0v) is 34.8. The summed E-state index contributed by atoms with van der Waals surface area (Å²) in [4.78, 5) is 2.49. The Morgan fingerprint density at radius 1 is 0.222 bits per heavy atom. The topological polar surface area (TPSA) is 3.24 Å². The minimum Gasteiger partial charge on any atom is -0.309 e. The fourth-order valence-electron chi connectivity index (χ4n) is 9.22. The summed E-state index contributed by atoms with van der Waals surface area (Å²) in [5.74, 6) is 0. The Morgan fingerprint density at radius 2 is 0.683 bits per heavy atom. The molecule has 296 valence electrons. The molecule has 0 aromatic heterocycles. The molecule has 0 radical (unpaired) electrons. The van der Waals surface area contributed by atoms with Gasteiger partial charge in [0.05, 0.1) is 11.4 Å². The fourth-order valence-corrected chi connectivity index (χ4v) is 9.22. The minimum atomic E-state index is 1.07. The largest absolute Gasteiger partial charge is 0.309 e. The minimum absolute atomic E-state index is 1.07. The normalized spacial score (nSPS) is 11.2. The predicted octanol–water partition coefficient (Wildman–Crippen LogP) is 17.5. The molecular formula is C62H43N. The van der Waals surface area contributed by atoms with Gasteiger partial charge < -0.3 is 4.90 Å². The van der Waals surface area contributed by atoms with Crippen LogP contribution in [-0.4, -0.2) is 0 Å². The molecule has 0 amide bonds. The van der Waals surface area contributed by atoms with Crippen LogP contribution in [0.25, 0.3) is 88.3 Å². The second-order valence-corrected chi connectivity index (χ2v) is 16.0. The van der Waals surface area contributed by atoms with E-state index in [0.717, 1.165) is 39.3 Å². The molecule has 0 heterocycles. The number of rotatable bonds is 9. The van der Waals surface area contributed by atoms with Gasteiger partial charge in [-0.1, -0.05) is 224 Å². The molecule has 11 aromatic rings. The van der Waals surface area contributed by atoms with Crippen molar-refractivity contribution in [2.24, 2.45) is 0 Å². The van der Waals surface area contributed by atoms with Crippen LogP contribution in [0.15, 0.2) is 261 Å². The molecule has 1 heteroatoms. The van der Waals surface area contributed by atoms with Crippen molar-refractivity contribution in [3.05, 3.63) is 261 Å². The van der Waals surface area contributed by atoms with Crippen molar-refractivity contribution in [2.45, 2.75) is 0 Å². The van der Waals surface area contributed by atoms with E-state index >= 15 is 0 Å². The molecule has 0 atom stereocenters. The van der Waals surface area contributed by atoms with E-state index in [1.165, 1.54) is 66.1 Å². The van der Waals surface area contributed by atoms with Crippen LogP contribution >= 0.6 is 0 Å². The summed E-state index contributed by atoms with van der Waals surface area (Å²) >= 11 is 0. The SMILES string of the molecule is c1ccc(-c2ccc(-c3c(-c4cc5ccccc5c5ccccc45)cccc3N(c3ccc(-c4ccccc4)cc3)c3ccc(-c4ccccc4)cc3-c3ccccc3)cc2)cc1. The van der Waals surface area contributed by atoms with Gasteiger partial charge in [0, 0.05) is 16.8 Å². The number of fused-ring (bicyclic) bond motifs is 3. The van der Waals surface area contributed by atoms with Gasteiger partial charge in [-0.05, 0) is 114 Å². The molecule has 0 unspecified atom stereocenters. The highest BCUT2D eigenvalue weighted by atomic mass is 15.1. The van der Waals surface area contributed by atoms with Gasteiger partial charge in [-0.15, -0.1) is 0 Å². The maximum atomic E-state index is 2.49. The van der Waals surface area contributed by atoms with Crippen LogP contribution in [-0.2, 0) is 0 Å². The van der Waals surface area contributed by atoms with Crippen molar-refractivity contribution < 1.29 is 0 Å². The second-order valence-electron chi connectivity index (χ2n) is 16.0. The number of nitrogens with zero attached hydrogens (tertiary/aromatic N) is 1. The monoisotopic (exact) mass is 801 g/mol. The number of hydrogen-bond donors (Lipinski definition) is 0. The van der Waals surface area contributed by atoms with E-state index in [1.54, 1.807) is 0 Å². The van der Waals surface area contributed by atoms with E-state index in [1.807, 2.05) is 0 Å². The molecule has 0 saturated heterocycles. The smallest absolute Gasteiger partial charge is 0.0546 e. The highest BCUT2D eigenvalue weighted by Gasteiger charge is 2.25. The van der Waals surface area contributed by atoms with E-state index in [9.17, 15) is 0 Å². The average molecular weight is 802 g/mol. The van der Waals surface area contributed by atoms with Gasteiger partial charge in [0.15, 0.2) is 0 Å². The first kappa shape index (κ1) is 37.7. The molecular weight excluding hydrogens is 759 g/mol. The molecule has 0 fully saturated rings. The van der Waals surface area contributed by atoms with E-state index in [0.29, 0.717) is 0 Å². The highest BCUT2D eigenvalue weighted by molar-refractivity contribution is 6.16. The Bertz CT molecular complexity index is 3340. The van der Waals surface area contributed by atoms with Gasteiger partial charge in [-0.2, -0.15) is 0 Å². The van der Waals surface area contributed by atoms with Crippen molar-refractivity contribution in [2.75, 3.05) is 4.90 Å². The summed E-state index contributed by atoms with van der Waals surface area (Å²) in [7, 11) is 0. The van der Waals surface area contributed by atoms with Gasteiger partial charge in [0.25, 0.3) is 0 Å². The Hall–Kier alpha value is -8.26. The van der Waals surface area contributed by atoms with Crippen LogP contribution in [0.3, 0.4) is 0 Å². The van der Waals surface area contributed by atoms with Crippen LogP contribution in [0, 0.1) is 0 Å². The first-order valence-electron chi connectivity index (χ1n) is 21.7. The summed E-state index contributed by atoms with van der Waals surface area (Å²) in [6.07, 6.45) is 0. The fraction of sp³-hybridized carbons (Fsp3) is 0. The van der Waals surface area contributed by atoms with Crippen molar-refractivity contribution in [1.29, 1.82) is 0 Å². The number of benzene rings is 11. The van der Waals surface area contributed by atoms with Gasteiger partial charge >= 0.3 is 0 Å². The first-order valence-corrected chi connectivity index (χ1v) is 21.7. The molecule has 11 aromatic carbocycles. The van der Waals surface area contributed by atoms with E-state index < -0.39 is 0 Å². The Labute approximate surface area is 369 Å². The standard InChI is InChI=1S/C62H43N/c1-5-18-44(19-6-1)47-32-34-50(35-33-47)62-57(59-43-52-26-13-14-27-54(52)55-28-15-16-29-56(55)59)30-17-31-61(62)63(53-39-36-48(37-40-53)45-20-7-2-8-21-45)60-41-38-51(46-22-9-3-10-23-46)42-58(60)49-24-11-4-12-25-49/h1-43H. The molecule has 1 nitrogen and oxygen atoms in total. The van der Waals surface area contributed by atoms with Gasteiger partial charge in [-0.25, -0.2) is 0 Å². The molecule has 0 bridgehead atoms. The molecule has 11 rings (SSSR count). The van der Waals surface area contributed by atoms with Crippen LogP contribution < -0.4 is 4.90 Å². The van der Waals surface area contributed by atoms with Crippen LogP contribution in [0.1, 0.15) is 0 Å². The number of anilines is 3. The van der Waals surface area contributed by atoms with Crippen molar-refractivity contribution >= 4 is 38.6 Å². The summed E-state index contributed by atoms with van der Waals surface area (Å²) in [6.45, 7) is 0. The lowest BCUT2D eigenvalue weighted by Crippen LogP contribution is -2.13.